The molecule has 156 valence electrons. The van der Waals surface area contributed by atoms with Crippen molar-refractivity contribution in [2.75, 3.05) is 32.8 Å². The monoisotopic (exact) mass is 426 g/mol. The highest BCUT2D eigenvalue weighted by Gasteiger charge is 2.24. The number of carbonyl (C=O) groups is 1. The maximum absolute atomic E-state index is 13.2. The van der Waals surface area contributed by atoms with Crippen molar-refractivity contribution < 1.29 is 13.9 Å². The van der Waals surface area contributed by atoms with Gasteiger partial charge in [-0.25, -0.2) is 4.79 Å². The molecular weight excluding hydrogens is 404 g/mol. The first-order chi connectivity index (χ1) is 14.5. The van der Waals surface area contributed by atoms with Gasteiger partial charge in [0.15, 0.2) is 0 Å². The Morgan fingerprint density at radius 1 is 1.07 bits per heavy atom. The maximum atomic E-state index is 13.2. The van der Waals surface area contributed by atoms with Crippen LogP contribution in [-0.2, 0) is 6.54 Å². The van der Waals surface area contributed by atoms with Crippen molar-refractivity contribution in [3.8, 4) is 5.75 Å². The van der Waals surface area contributed by atoms with Gasteiger partial charge in [0, 0.05) is 55.3 Å². The van der Waals surface area contributed by atoms with Crippen LogP contribution >= 0.6 is 11.6 Å². The van der Waals surface area contributed by atoms with E-state index < -0.39 is 5.63 Å². The Morgan fingerprint density at radius 3 is 2.50 bits per heavy atom. The summed E-state index contributed by atoms with van der Waals surface area (Å²) in [7, 11) is 0. The van der Waals surface area contributed by atoms with Gasteiger partial charge in [-0.05, 0) is 36.8 Å². The first kappa shape index (κ1) is 20.4. The van der Waals surface area contributed by atoms with Crippen LogP contribution in [0.15, 0.2) is 57.7 Å². The normalized spacial score (nSPS) is 14.8. The summed E-state index contributed by atoms with van der Waals surface area (Å²) < 4.78 is 10.8. The molecule has 2 heterocycles. The lowest BCUT2D eigenvalue weighted by atomic mass is 10.1. The van der Waals surface area contributed by atoms with Gasteiger partial charge in [0.05, 0.1) is 12.2 Å². The second-order valence-electron chi connectivity index (χ2n) is 7.26. The van der Waals surface area contributed by atoms with Gasteiger partial charge in [0.2, 0.25) is 0 Å². The van der Waals surface area contributed by atoms with Gasteiger partial charge in [-0.2, -0.15) is 0 Å². The van der Waals surface area contributed by atoms with Crippen LogP contribution in [0.4, 0.5) is 0 Å². The average Bonchev–Trinajstić information content (AvgIpc) is 2.75. The number of ether oxygens (including phenoxy) is 1. The molecule has 0 saturated carbocycles. The maximum Gasteiger partial charge on any atom is 0.337 e. The summed E-state index contributed by atoms with van der Waals surface area (Å²) in [5.41, 5.74) is 1.38. The molecular formula is C23H23ClN2O4. The molecule has 6 nitrogen and oxygen atoms in total. The third-order valence-corrected chi connectivity index (χ3v) is 5.49. The van der Waals surface area contributed by atoms with E-state index in [9.17, 15) is 9.59 Å². The van der Waals surface area contributed by atoms with E-state index in [0.717, 1.165) is 24.7 Å². The Morgan fingerprint density at radius 2 is 1.80 bits per heavy atom. The van der Waals surface area contributed by atoms with Crippen molar-refractivity contribution in [1.29, 1.82) is 0 Å². The number of hydrogen-bond acceptors (Lipinski definition) is 5. The van der Waals surface area contributed by atoms with Crippen molar-refractivity contribution in [1.82, 2.24) is 9.80 Å². The molecule has 3 aromatic rings. The van der Waals surface area contributed by atoms with E-state index in [1.165, 1.54) is 11.6 Å². The lowest BCUT2D eigenvalue weighted by Crippen LogP contribution is -2.48. The highest BCUT2D eigenvalue weighted by molar-refractivity contribution is 6.30. The Labute approximate surface area is 179 Å². The van der Waals surface area contributed by atoms with Crippen LogP contribution in [0, 0.1) is 0 Å². The third-order valence-electron chi connectivity index (χ3n) is 5.24. The summed E-state index contributed by atoms with van der Waals surface area (Å²) in [6.45, 7) is 5.94. The molecule has 1 aliphatic heterocycles. The second-order valence-corrected chi connectivity index (χ2v) is 7.70. The topological polar surface area (TPSA) is 63.0 Å². The van der Waals surface area contributed by atoms with E-state index in [4.69, 9.17) is 20.8 Å². The molecule has 0 aliphatic carbocycles. The van der Waals surface area contributed by atoms with Crippen LogP contribution in [0.2, 0.25) is 5.02 Å². The van der Waals surface area contributed by atoms with Crippen molar-refractivity contribution in [2.45, 2.75) is 13.5 Å². The van der Waals surface area contributed by atoms with Crippen molar-refractivity contribution in [3.05, 3.63) is 75.1 Å². The van der Waals surface area contributed by atoms with Crippen LogP contribution in [0.5, 0.6) is 5.75 Å². The van der Waals surface area contributed by atoms with Crippen LogP contribution < -0.4 is 10.4 Å². The molecule has 1 saturated heterocycles. The van der Waals surface area contributed by atoms with Crippen LogP contribution in [0.3, 0.4) is 0 Å². The fraction of sp³-hybridized carbons (Fsp3) is 0.304. The Balaban J connectivity index is 1.48. The van der Waals surface area contributed by atoms with Gasteiger partial charge >= 0.3 is 5.63 Å². The van der Waals surface area contributed by atoms with E-state index in [0.29, 0.717) is 42.0 Å². The first-order valence-electron chi connectivity index (χ1n) is 10.0. The number of benzene rings is 2. The molecule has 0 spiro atoms. The van der Waals surface area contributed by atoms with E-state index >= 15 is 0 Å². The van der Waals surface area contributed by atoms with Crippen molar-refractivity contribution >= 4 is 28.5 Å². The number of amides is 1. The van der Waals surface area contributed by atoms with Gasteiger partial charge < -0.3 is 14.1 Å². The number of fused-ring (bicyclic) bond motifs is 1. The quantitative estimate of drug-likeness (QED) is 0.580. The van der Waals surface area contributed by atoms with Crippen LogP contribution in [0.1, 0.15) is 22.8 Å². The summed E-state index contributed by atoms with van der Waals surface area (Å²) in [5, 5.41) is 1.34. The SMILES string of the molecule is CCOc1ccc2c(C(=O)N3CCN(Cc4ccc(Cl)cc4)CC3)cc(=O)oc2c1. The first-order valence-corrected chi connectivity index (χ1v) is 10.4. The summed E-state index contributed by atoms with van der Waals surface area (Å²) >= 11 is 5.95. The second kappa shape index (κ2) is 8.90. The van der Waals surface area contributed by atoms with Gasteiger partial charge in [-0.15, -0.1) is 0 Å². The fourth-order valence-electron chi connectivity index (χ4n) is 3.70. The summed E-state index contributed by atoms with van der Waals surface area (Å²) in [4.78, 5) is 29.3. The van der Waals surface area contributed by atoms with Gasteiger partial charge in [-0.1, -0.05) is 23.7 Å². The zero-order valence-electron chi connectivity index (χ0n) is 16.8. The average molecular weight is 427 g/mol. The third kappa shape index (κ3) is 4.50. The minimum atomic E-state index is -0.541. The molecule has 30 heavy (non-hydrogen) atoms. The predicted octanol–water partition coefficient (Wildman–Crippen LogP) is 3.80. The van der Waals surface area contributed by atoms with Crippen molar-refractivity contribution in [3.63, 3.8) is 0 Å². The number of hydrogen-bond donors (Lipinski definition) is 0. The number of halogens is 1. The molecule has 1 amide bonds. The number of piperazine rings is 1. The molecule has 0 bridgehead atoms. The minimum Gasteiger partial charge on any atom is -0.494 e. The number of nitrogens with zero attached hydrogens (tertiary/aromatic N) is 2. The van der Waals surface area contributed by atoms with E-state index in [2.05, 4.69) is 4.90 Å². The Hall–Kier alpha value is -2.83. The molecule has 7 heteroatoms. The standard InChI is InChI=1S/C23H23ClN2O4/c1-2-29-18-7-8-19-20(14-22(27)30-21(19)13-18)23(28)26-11-9-25(10-12-26)15-16-3-5-17(24)6-4-16/h3-8,13-14H,2,9-12,15H2,1H3. The summed E-state index contributed by atoms with van der Waals surface area (Å²) in [5.74, 6) is 0.455. The molecule has 1 aromatic heterocycles. The number of carbonyl (C=O) groups excluding carboxylic acids is 1. The van der Waals surface area contributed by atoms with Gasteiger partial charge in [0.1, 0.15) is 11.3 Å². The lowest BCUT2D eigenvalue weighted by Gasteiger charge is -2.35. The highest BCUT2D eigenvalue weighted by atomic mass is 35.5. The minimum absolute atomic E-state index is 0.150. The Bertz CT molecular complexity index is 1100. The molecule has 0 radical (unpaired) electrons. The van der Waals surface area contributed by atoms with E-state index in [1.807, 2.05) is 31.2 Å². The zero-order valence-corrected chi connectivity index (χ0v) is 17.5. The molecule has 0 N–H and O–H groups in total. The lowest BCUT2D eigenvalue weighted by molar-refractivity contribution is 0.0629. The molecule has 1 aliphatic rings. The summed E-state index contributed by atoms with van der Waals surface area (Å²) in [6.07, 6.45) is 0. The Kier molecular flexibility index (Phi) is 6.06. The van der Waals surface area contributed by atoms with E-state index in [-0.39, 0.29) is 5.91 Å². The van der Waals surface area contributed by atoms with Gasteiger partial charge in [-0.3, -0.25) is 9.69 Å². The molecule has 1 fully saturated rings. The van der Waals surface area contributed by atoms with E-state index in [1.54, 1.807) is 23.1 Å². The zero-order chi connectivity index (χ0) is 21.1. The largest absolute Gasteiger partial charge is 0.494 e. The van der Waals surface area contributed by atoms with Crippen molar-refractivity contribution in [2.24, 2.45) is 0 Å². The molecule has 0 atom stereocenters. The highest BCUT2D eigenvalue weighted by Crippen LogP contribution is 2.24. The van der Waals surface area contributed by atoms with Crippen LogP contribution in [-0.4, -0.2) is 48.5 Å². The number of rotatable bonds is 5. The van der Waals surface area contributed by atoms with Gasteiger partial charge in [0.25, 0.3) is 5.91 Å². The molecule has 0 unspecified atom stereocenters. The molecule has 2 aromatic carbocycles. The van der Waals surface area contributed by atoms with Crippen LogP contribution in [0.25, 0.3) is 11.0 Å². The smallest absolute Gasteiger partial charge is 0.337 e. The summed E-state index contributed by atoms with van der Waals surface area (Å²) in [6, 6.07) is 14.3. The fourth-order valence-corrected chi connectivity index (χ4v) is 3.83. The molecule has 4 rings (SSSR count). The predicted molar refractivity (Wildman–Crippen MR) is 116 cm³/mol.